The van der Waals surface area contributed by atoms with Crippen molar-refractivity contribution in [2.75, 3.05) is 10.7 Å². The molecule has 0 spiro atoms. The Morgan fingerprint density at radius 3 is 2.57 bits per heavy atom. The van der Waals surface area contributed by atoms with Crippen LogP contribution in [0.3, 0.4) is 0 Å². The molecular formula is C17H21Br2FO. The van der Waals surface area contributed by atoms with Crippen LogP contribution in [-0.4, -0.2) is 16.8 Å². The summed E-state index contributed by atoms with van der Waals surface area (Å²) in [5, 5.41) is 2.00. The number of halogens is 3. The second-order valence-electron chi connectivity index (χ2n) is 6.51. The highest BCUT2D eigenvalue weighted by Crippen LogP contribution is 2.47. The number of fused-ring (bicyclic) bond motifs is 1. The highest BCUT2D eigenvalue weighted by Gasteiger charge is 2.42. The van der Waals surface area contributed by atoms with Gasteiger partial charge in [0.2, 0.25) is 0 Å². The lowest BCUT2D eigenvalue weighted by atomic mass is 9.73. The predicted molar refractivity (Wildman–Crippen MR) is 91.1 cm³/mol. The van der Waals surface area contributed by atoms with Crippen molar-refractivity contribution in [2.45, 2.75) is 44.6 Å². The Morgan fingerprint density at radius 1 is 1.19 bits per heavy atom. The Balaban J connectivity index is 1.73. The maximum Gasteiger partial charge on any atom is 0.123 e. The van der Waals surface area contributed by atoms with E-state index in [2.05, 4.69) is 31.9 Å². The minimum absolute atomic E-state index is 0.166. The normalized spacial score (nSPS) is 22.3. The van der Waals surface area contributed by atoms with Crippen LogP contribution >= 0.6 is 31.9 Å². The third kappa shape index (κ3) is 3.17. The Morgan fingerprint density at radius 2 is 1.90 bits per heavy atom. The largest absolute Gasteiger partial charge is 0.490 e. The summed E-state index contributed by atoms with van der Waals surface area (Å²) in [6.45, 7) is 0. The molecule has 1 nitrogen and oxygen atoms in total. The summed E-state index contributed by atoms with van der Waals surface area (Å²) in [6.07, 6.45) is 7.40. The molecule has 1 unspecified atom stereocenters. The first-order chi connectivity index (χ1) is 10.2. The fraction of sp³-hybridized carbons (Fsp3) is 0.647. The van der Waals surface area contributed by atoms with Gasteiger partial charge in [0.15, 0.2) is 0 Å². The molecule has 1 atom stereocenters. The van der Waals surface area contributed by atoms with Crippen molar-refractivity contribution in [1.29, 1.82) is 0 Å². The molecule has 1 aliphatic carbocycles. The number of hydrogen-bond acceptors (Lipinski definition) is 1. The van der Waals surface area contributed by atoms with Crippen molar-refractivity contribution in [3.63, 3.8) is 0 Å². The van der Waals surface area contributed by atoms with Crippen molar-refractivity contribution in [3.05, 3.63) is 29.6 Å². The number of benzene rings is 1. The van der Waals surface area contributed by atoms with Crippen molar-refractivity contribution in [1.82, 2.24) is 0 Å². The van der Waals surface area contributed by atoms with E-state index in [-0.39, 0.29) is 17.3 Å². The molecule has 1 saturated carbocycles. The first kappa shape index (κ1) is 15.8. The summed E-state index contributed by atoms with van der Waals surface area (Å²) in [4.78, 5) is 0. The zero-order valence-electron chi connectivity index (χ0n) is 12.1. The lowest BCUT2D eigenvalue weighted by Gasteiger charge is -2.38. The van der Waals surface area contributed by atoms with Crippen LogP contribution in [0, 0.1) is 17.2 Å². The molecule has 0 aromatic heterocycles. The van der Waals surface area contributed by atoms with E-state index in [0.29, 0.717) is 0 Å². The van der Waals surface area contributed by atoms with Gasteiger partial charge in [-0.05, 0) is 48.8 Å². The highest BCUT2D eigenvalue weighted by atomic mass is 79.9. The number of rotatable bonds is 5. The molecule has 116 valence electrons. The Labute approximate surface area is 142 Å². The van der Waals surface area contributed by atoms with E-state index < -0.39 is 0 Å². The average Bonchev–Trinajstić information content (AvgIpc) is 3.13. The lowest BCUT2D eigenvalue weighted by Crippen LogP contribution is -2.38. The topological polar surface area (TPSA) is 9.23 Å². The van der Waals surface area contributed by atoms with Crippen LogP contribution in [0.25, 0.3) is 0 Å². The van der Waals surface area contributed by atoms with Crippen LogP contribution in [-0.2, 0) is 6.42 Å². The summed E-state index contributed by atoms with van der Waals surface area (Å²) >= 11 is 7.50. The summed E-state index contributed by atoms with van der Waals surface area (Å²) in [6, 6.07) is 4.87. The van der Waals surface area contributed by atoms with Crippen molar-refractivity contribution >= 4 is 31.9 Å². The molecule has 1 heterocycles. The van der Waals surface area contributed by atoms with E-state index >= 15 is 0 Å². The molecule has 3 rings (SSSR count). The molecule has 2 aliphatic rings. The van der Waals surface area contributed by atoms with Crippen LogP contribution in [0.1, 0.15) is 37.7 Å². The molecule has 21 heavy (non-hydrogen) atoms. The smallest absolute Gasteiger partial charge is 0.123 e. The second-order valence-corrected chi connectivity index (χ2v) is 7.63. The van der Waals surface area contributed by atoms with Gasteiger partial charge in [-0.25, -0.2) is 4.39 Å². The van der Waals surface area contributed by atoms with Gasteiger partial charge in [-0.3, -0.25) is 0 Å². The van der Waals surface area contributed by atoms with Gasteiger partial charge in [0.05, 0.1) is 0 Å². The molecule has 0 radical (unpaired) electrons. The third-order valence-corrected chi connectivity index (χ3v) is 7.38. The standard InChI is InChI=1S/C17H21Br2FO/c18-10-17(11-19,13-3-1-2-4-13)9-15-8-12-7-14(20)5-6-16(12)21-15/h5-7,13,15H,1-4,8-11H2. The van der Waals surface area contributed by atoms with Gasteiger partial charge in [0.1, 0.15) is 17.7 Å². The quantitative estimate of drug-likeness (QED) is 0.573. The number of alkyl halides is 2. The van der Waals surface area contributed by atoms with Gasteiger partial charge in [-0.1, -0.05) is 44.7 Å². The zero-order chi connectivity index (χ0) is 14.9. The molecule has 0 N–H and O–H groups in total. The predicted octanol–water partition coefficient (Wildman–Crippen LogP) is 5.49. The van der Waals surface area contributed by atoms with Gasteiger partial charge in [0, 0.05) is 22.6 Å². The third-order valence-electron chi connectivity index (χ3n) is 5.15. The lowest BCUT2D eigenvalue weighted by molar-refractivity contribution is 0.120. The van der Waals surface area contributed by atoms with Crippen LogP contribution in [0.15, 0.2) is 18.2 Å². The molecule has 0 bridgehead atoms. The van der Waals surface area contributed by atoms with Gasteiger partial charge in [-0.15, -0.1) is 0 Å². The van der Waals surface area contributed by atoms with E-state index in [1.165, 1.54) is 31.7 Å². The van der Waals surface area contributed by atoms with Gasteiger partial charge in [-0.2, -0.15) is 0 Å². The van der Waals surface area contributed by atoms with Crippen molar-refractivity contribution in [3.8, 4) is 5.75 Å². The Hall–Kier alpha value is -0.0900. The molecule has 1 aromatic rings. The van der Waals surface area contributed by atoms with E-state index in [1.54, 1.807) is 12.1 Å². The summed E-state index contributed by atoms with van der Waals surface area (Å²) < 4.78 is 19.4. The van der Waals surface area contributed by atoms with Crippen LogP contribution < -0.4 is 4.74 Å². The van der Waals surface area contributed by atoms with E-state index in [4.69, 9.17) is 4.74 Å². The van der Waals surface area contributed by atoms with Crippen molar-refractivity contribution < 1.29 is 9.13 Å². The van der Waals surface area contributed by atoms with Crippen molar-refractivity contribution in [2.24, 2.45) is 11.3 Å². The van der Waals surface area contributed by atoms with Crippen LogP contribution in [0.2, 0.25) is 0 Å². The molecule has 0 amide bonds. The maximum absolute atomic E-state index is 13.3. The molecule has 1 aromatic carbocycles. The zero-order valence-corrected chi connectivity index (χ0v) is 15.3. The average molecular weight is 420 g/mol. The number of hydrogen-bond donors (Lipinski definition) is 0. The van der Waals surface area contributed by atoms with Crippen LogP contribution in [0.4, 0.5) is 4.39 Å². The first-order valence-electron chi connectivity index (χ1n) is 7.74. The first-order valence-corrected chi connectivity index (χ1v) is 9.98. The monoisotopic (exact) mass is 418 g/mol. The van der Waals surface area contributed by atoms with Gasteiger partial charge >= 0.3 is 0 Å². The molecule has 0 saturated heterocycles. The maximum atomic E-state index is 13.3. The Bertz CT molecular complexity index is 496. The van der Waals surface area contributed by atoms with Gasteiger partial charge < -0.3 is 4.74 Å². The van der Waals surface area contributed by atoms with Crippen LogP contribution in [0.5, 0.6) is 5.75 Å². The molecule has 4 heteroatoms. The fourth-order valence-corrected chi connectivity index (χ4v) is 6.23. The fourth-order valence-electron chi connectivity index (χ4n) is 3.92. The van der Waals surface area contributed by atoms with E-state index in [0.717, 1.165) is 40.7 Å². The second kappa shape index (κ2) is 6.57. The SMILES string of the molecule is Fc1ccc2c(c1)CC(CC(CBr)(CBr)C1CCCC1)O2. The summed E-state index contributed by atoms with van der Waals surface area (Å²) in [7, 11) is 0. The minimum atomic E-state index is -0.166. The number of ether oxygens (including phenoxy) is 1. The summed E-state index contributed by atoms with van der Waals surface area (Å²) in [5.41, 5.74) is 1.27. The molecular weight excluding hydrogens is 399 g/mol. The highest BCUT2D eigenvalue weighted by molar-refractivity contribution is 9.09. The van der Waals surface area contributed by atoms with E-state index in [1.807, 2.05) is 0 Å². The van der Waals surface area contributed by atoms with E-state index in [9.17, 15) is 4.39 Å². The minimum Gasteiger partial charge on any atom is -0.490 e. The van der Waals surface area contributed by atoms with Gasteiger partial charge in [0.25, 0.3) is 0 Å². The Kier molecular flexibility index (Phi) is 4.94. The molecule has 1 aliphatic heterocycles. The molecule has 1 fully saturated rings. The summed E-state index contributed by atoms with van der Waals surface area (Å²) in [5.74, 6) is 1.47.